The Morgan fingerprint density at radius 3 is 2.28 bits per heavy atom. The van der Waals surface area contributed by atoms with Crippen LogP contribution < -0.4 is 14.4 Å². The van der Waals surface area contributed by atoms with Gasteiger partial charge in [-0.05, 0) is 54.1 Å². The number of alkyl halides is 1. The summed E-state index contributed by atoms with van der Waals surface area (Å²) >= 11 is 0. The first kappa shape index (κ1) is 23.1. The third kappa shape index (κ3) is 6.72. The Morgan fingerprint density at radius 1 is 0.875 bits per heavy atom. The number of benzene rings is 3. The van der Waals surface area contributed by atoms with Crippen LogP contribution in [0, 0.1) is 0 Å². The molecule has 0 bridgehead atoms. The Morgan fingerprint density at radius 2 is 1.56 bits per heavy atom. The summed E-state index contributed by atoms with van der Waals surface area (Å²) in [5, 5.41) is 10.0. The van der Waals surface area contributed by atoms with E-state index in [1.54, 1.807) is 12.2 Å². The van der Waals surface area contributed by atoms with E-state index < -0.39 is 12.8 Å². The monoisotopic (exact) mass is 433 g/mol. The zero-order valence-corrected chi connectivity index (χ0v) is 17.9. The first-order chi connectivity index (χ1) is 15.6. The van der Waals surface area contributed by atoms with Gasteiger partial charge < -0.3 is 19.5 Å². The fraction of sp³-hybridized carbons (Fsp3) is 0.185. The van der Waals surface area contributed by atoms with Crippen LogP contribution in [0.4, 0.5) is 10.1 Å². The smallest absolute Gasteiger partial charge is 0.135 e. The third-order valence-electron chi connectivity index (χ3n) is 4.78. The zero-order chi connectivity index (χ0) is 22.8. The predicted molar refractivity (Wildman–Crippen MR) is 127 cm³/mol. The van der Waals surface area contributed by atoms with Gasteiger partial charge in [0, 0.05) is 24.8 Å². The SMILES string of the molecule is C=CC(C=C)Oc1cccc(CN(CC(O)CF)c2cccc(Oc3ccccc3)c2)c1. The van der Waals surface area contributed by atoms with E-state index in [-0.39, 0.29) is 12.6 Å². The van der Waals surface area contributed by atoms with Gasteiger partial charge in [-0.1, -0.05) is 49.6 Å². The maximum atomic E-state index is 13.1. The number of nitrogens with zero attached hydrogens (tertiary/aromatic N) is 1. The highest BCUT2D eigenvalue weighted by Crippen LogP contribution is 2.28. The van der Waals surface area contributed by atoms with Crippen molar-refractivity contribution in [1.82, 2.24) is 0 Å². The summed E-state index contributed by atoms with van der Waals surface area (Å²) in [6.07, 6.45) is 1.95. The van der Waals surface area contributed by atoms with Crippen molar-refractivity contribution in [1.29, 1.82) is 0 Å². The topological polar surface area (TPSA) is 41.9 Å². The molecule has 0 saturated heterocycles. The van der Waals surface area contributed by atoms with Crippen LogP contribution in [0.1, 0.15) is 5.56 Å². The van der Waals surface area contributed by atoms with E-state index in [9.17, 15) is 9.50 Å². The Balaban J connectivity index is 1.82. The van der Waals surface area contributed by atoms with Crippen molar-refractivity contribution in [2.75, 3.05) is 18.1 Å². The van der Waals surface area contributed by atoms with E-state index in [4.69, 9.17) is 9.47 Å². The summed E-state index contributed by atoms with van der Waals surface area (Å²) < 4.78 is 24.9. The van der Waals surface area contributed by atoms with Gasteiger partial charge in [0.25, 0.3) is 0 Å². The number of rotatable bonds is 12. The highest BCUT2D eigenvalue weighted by atomic mass is 19.1. The van der Waals surface area contributed by atoms with E-state index in [1.165, 1.54) is 0 Å². The summed E-state index contributed by atoms with van der Waals surface area (Å²) in [5.41, 5.74) is 1.77. The van der Waals surface area contributed by atoms with Gasteiger partial charge in [-0.2, -0.15) is 0 Å². The van der Waals surface area contributed by atoms with Gasteiger partial charge in [0.05, 0.1) is 6.10 Å². The Kier molecular flexibility index (Phi) is 8.46. The molecule has 4 nitrogen and oxygen atoms in total. The first-order valence-corrected chi connectivity index (χ1v) is 10.4. The maximum absolute atomic E-state index is 13.1. The van der Waals surface area contributed by atoms with Gasteiger partial charge in [-0.15, -0.1) is 0 Å². The van der Waals surface area contributed by atoms with Crippen LogP contribution in [0.3, 0.4) is 0 Å². The summed E-state index contributed by atoms with van der Waals surface area (Å²) in [6, 6.07) is 24.6. The number of halogens is 1. The number of anilines is 1. The molecule has 1 atom stereocenters. The van der Waals surface area contributed by atoms with E-state index in [1.807, 2.05) is 83.8 Å². The van der Waals surface area contributed by atoms with Crippen molar-refractivity contribution in [3.63, 3.8) is 0 Å². The Bertz CT molecular complexity index is 1000. The second kappa shape index (κ2) is 11.7. The van der Waals surface area contributed by atoms with Gasteiger partial charge in [0.15, 0.2) is 0 Å². The molecule has 0 fully saturated rings. The minimum atomic E-state index is -1.10. The van der Waals surface area contributed by atoms with Crippen molar-refractivity contribution in [3.8, 4) is 17.2 Å². The molecule has 0 aliphatic rings. The van der Waals surface area contributed by atoms with Crippen molar-refractivity contribution in [2.45, 2.75) is 18.8 Å². The molecule has 3 rings (SSSR count). The number of hydrogen-bond donors (Lipinski definition) is 1. The lowest BCUT2D eigenvalue weighted by Crippen LogP contribution is -2.33. The summed E-state index contributed by atoms with van der Waals surface area (Å²) in [4.78, 5) is 1.92. The van der Waals surface area contributed by atoms with Gasteiger partial charge >= 0.3 is 0 Å². The fourth-order valence-electron chi connectivity index (χ4n) is 3.22. The number of para-hydroxylation sites is 1. The molecule has 0 aromatic heterocycles. The standard InChI is InChI=1S/C27H28FNO3/c1-3-24(4-2)31-26-14-8-10-21(16-26)19-29(20-23(30)18-28)22-11-9-15-27(17-22)32-25-12-6-5-7-13-25/h3-17,23-24,30H,1-2,18-20H2. The molecule has 5 heteroatoms. The van der Waals surface area contributed by atoms with Crippen LogP contribution in [0.2, 0.25) is 0 Å². The normalized spacial score (nSPS) is 11.6. The molecule has 0 heterocycles. The number of aliphatic hydroxyl groups is 1. The molecular formula is C27H28FNO3. The molecule has 1 N–H and O–H groups in total. The quantitative estimate of drug-likeness (QED) is 0.359. The number of hydrogen-bond acceptors (Lipinski definition) is 4. The molecule has 0 saturated carbocycles. The lowest BCUT2D eigenvalue weighted by Gasteiger charge is -2.27. The van der Waals surface area contributed by atoms with Gasteiger partial charge in [0.1, 0.15) is 30.0 Å². The summed E-state index contributed by atoms with van der Waals surface area (Å²) in [5.74, 6) is 2.06. The second-order valence-corrected chi connectivity index (χ2v) is 7.30. The molecular weight excluding hydrogens is 405 g/mol. The van der Waals surface area contributed by atoms with Crippen molar-refractivity contribution in [2.24, 2.45) is 0 Å². The predicted octanol–water partition coefficient (Wildman–Crippen LogP) is 5.94. The molecule has 0 aliphatic carbocycles. The second-order valence-electron chi connectivity index (χ2n) is 7.30. The average molecular weight is 434 g/mol. The van der Waals surface area contributed by atoms with Crippen molar-refractivity contribution in [3.05, 3.63) is 110 Å². The molecule has 166 valence electrons. The highest BCUT2D eigenvalue weighted by molar-refractivity contribution is 5.52. The number of aliphatic hydroxyl groups excluding tert-OH is 1. The maximum Gasteiger partial charge on any atom is 0.135 e. The van der Waals surface area contributed by atoms with Gasteiger partial charge in [0.2, 0.25) is 0 Å². The van der Waals surface area contributed by atoms with Crippen LogP contribution in [0.15, 0.2) is 104 Å². The third-order valence-corrected chi connectivity index (χ3v) is 4.78. The average Bonchev–Trinajstić information content (AvgIpc) is 2.83. The van der Waals surface area contributed by atoms with Crippen LogP contribution >= 0.6 is 0 Å². The molecule has 3 aromatic rings. The number of ether oxygens (including phenoxy) is 2. The fourth-order valence-corrected chi connectivity index (χ4v) is 3.22. The highest BCUT2D eigenvalue weighted by Gasteiger charge is 2.15. The Labute approximate surface area is 188 Å². The molecule has 3 aromatic carbocycles. The van der Waals surface area contributed by atoms with E-state index in [0.29, 0.717) is 18.0 Å². The van der Waals surface area contributed by atoms with Crippen molar-refractivity contribution >= 4 is 5.69 Å². The van der Waals surface area contributed by atoms with Crippen LogP contribution in [0.25, 0.3) is 0 Å². The lowest BCUT2D eigenvalue weighted by atomic mass is 10.1. The summed E-state index contributed by atoms with van der Waals surface area (Å²) in [7, 11) is 0. The van der Waals surface area contributed by atoms with E-state index in [2.05, 4.69) is 13.2 Å². The molecule has 0 radical (unpaired) electrons. The van der Waals surface area contributed by atoms with Crippen LogP contribution in [0.5, 0.6) is 17.2 Å². The minimum Gasteiger partial charge on any atom is -0.482 e. The van der Waals surface area contributed by atoms with Gasteiger partial charge in [-0.3, -0.25) is 0 Å². The van der Waals surface area contributed by atoms with Crippen LogP contribution in [-0.4, -0.2) is 30.5 Å². The van der Waals surface area contributed by atoms with Crippen molar-refractivity contribution < 1.29 is 19.0 Å². The lowest BCUT2D eigenvalue weighted by molar-refractivity contribution is 0.144. The van der Waals surface area contributed by atoms with Gasteiger partial charge in [-0.25, -0.2) is 4.39 Å². The first-order valence-electron chi connectivity index (χ1n) is 10.4. The minimum absolute atomic E-state index is 0.137. The summed E-state index contributed by atoms with van der Waals surface area (Å²) in [6.45, 7) is 7.25. The molecule has 0 amide bonds. The molecule has 32 heavy (non-hydrogen) atoms. The Hall–Kier alpha value is -3.57. The molecule has 1 unspecified atom stereocenters. The molecule has 0 aliphatic heterocycles. The van der Waals surface area contributed by atoms with E-state index in [0.717, 1.165) is 17.0 Å². The largest absolute Gasteiger partial charge is 0.482 e. The molecule has 0 spiro atoms. The van der Waals surface area contributed by atoms with Crippen LogP contribution in [-0.2, 0) is 6.54 Å². The zero-order valence-electron chi connectivity index (χ0n) is 17.9. The van der Waals surface area contributed by atoms with E-state index >= 15 is 0 Å².